The first-order chi connectivity index (χ1) is 7.15. The largest absolute Gasteiger partial charge is 0.467 e. The van der Waals surface area contributed by atoms with E-state index in [0.29, 0.717) is 22.9 Å². The molecule has 0 atom stereocenters. The van der Waals surface area contributed by atoms with Crippen LogP contribution in [-0.4, -0.2) is 18.4 Å². The molecule has 0 heterocycles. The van der Waals surface area contributed by atoms with Gasteiger partial charge >= 0.3 is 0 Å². The summed E-state index contributed by atoms with van der Waals surface area (Å²) in [4.78, 5) is 0.276. The van der Waals surface area contributed by atoms with Gasteiger partial charge in [0.05, 0.1) is 5.56 Å². The van der Waals surface area contributed by atoms with E-state index in [9.17, 15) is 0 Å². The molecule has 5 heteroatoms. The molecule has 0 bridgehead atoms. The quantitative estimate of drug-likeness (QED) is 0.491. The zero-order valence-electron chi connectivity index (χ0n) is 8.33. The number of thiocarbonyl (C=S) groups is 1. The van der Waals surface area contributed by atoms with Crippen molar-refractivity contribution in [3.63, 3.8) is 0 Å². The van der Waals surface area contributed by atoms with Crippen LogP contribution in [0, 0.1) is 0 Å². The highest BCUT2D eigenvalue weighted by atomic mass is 35.5. The maximum atomic E-state index is 5.83. The van der Waals surface area contributed by atoms with Crippen molar-refractivity contribution in [2.45, 2.75) is 6.92 Å². The van der Waals surface area contributed by atoms with Gasteiger partial charge in [-0.15, -0.1) is 0 Å². The predicted octanol–water partition coefficient (Wildman–Crippen LogP) is 2.35. The summed E-state index contributed by atoms with van der Waals surface area (Å²) in [7, 11) is 0. The van der Waals surface area contributed by atoms with E-state index in [0.717, 1.165) is 0 Å². The fourth-order valence-corrected chi connectivity index (χ4v) is 1.34. The lowest BCUT2D eigenvalue weighted by Crippen LogP contribution is -2.12. The molecule has 0 saturated carbocycles. The van der Waals surface area contributed by atoms with E-state index >= 15 is 0 Å². The Balaban J connectivity index is 2.82. The van der Waals surface area contributed by atoms with Crippen LogP contribution < -0.4 is 10.5 Å². The van der Waals surface area contributed by atoms with Gasteiger partial charge in [-0.1, -0.05) is 23.8 Å². The third-order valence-corrected chi connectivity index (χ3v) is 2.17. The molecule has 0 radical (unpaired) electrons. The molecule has 1 aromatic rings. The van der Waals surface area contributed by atoms with E-state index in [-0.39, 0.29) is 11.8 Å². The summed E-state index contributed by atoms with van der Waals surface area (Å²) < 4.78 is 10.4. The molecule has 0 aromatic heterocycles. The fourth-order valence-electron chi connectivity index (χ4n) is 1.01. The molecular weight excluding hydrogens is 234 g/mol. The van der Waals surface area contributed by atoms with Crippen LogP contribution in [0.25, 0.3) is 0 Å². The first-order valence-corrected chi connectivity index (χ1v) is 5.23. The van der Waals surface area contributed by atoms with Crippen LogP contribution in [0.1, 0.15) is 12.5 Å². The lowest BCUT2D eigenvalue weighted by atomic mass is 10.2. The highest BCUT2D eigenvalue weighted by Gasteiger charge is 2.06. The normalized spacial score (nSPS) is 10.0. The highest BCUT2D eigenvalue weighted by Crippen LogP contribution is 2.23. The molecular formula is C10H12ClNO2S. The second-order valence-corrected chi connectivity index (χ2v) is 3.64. The minimum atomic E-state index is 0.159. The second kappa shape index (κ2) is 5.90. The van der Waals surface area contributed by atoms with Gasteiger partial charge in [-0.05, 0) is 25.1 Å². The number of ether oxygens (including phenoxy) is 2. The maximum absolute atomic E-state index is 5.83. The van der Waals surface area contributed by atoms with Crippen molar-refractivity contribution in [2.75, 3.05) is 13.4 Å². The van der Waals surface area contributed by atoms with E-state index in [1.54, 1.807) is 18.2 Å². The van der Waals surface area contributed by atoms with Crippen molar-refractivity contribution in [3.05, 3.63) is 28.8 Å². The molecule has 82 valence electrons. The van der Waals surface area contributed by atoms with Crippen molar-refractivity contribution < 1.29 is 9.47 Å². The van der Waals surface area contributed by atoms with Gasteiger partial charge in [0.1, 0.15) is 10.7 Å². The van der Waals surface area contributed by atoms with E-state index in [1.165, 1.54) is 0 Å². The monoisotopic (exact) mass is 245 g/mol. The molecule has 0 spiro atoms. The van der Waals surface area contributed by atoms with Gasteiger partial charge < -0.3 is 15.2 Å². The van der Waals surface area contributed by atoms with Crippen molar-refractivity contribution in [1.82, 2.24) is 0 Å². The Kier molecular flexibility index (Phi) is 4.81. The number of halogens is 1. The SMILES string of the molecule is CCOCOc1cc(Cl)ccc1C(N)=S. The zero-order chi connectivity index (χ0) is 11.3. The predicted molar refractivity (Wildman–Crippen MR) is 64.5 cm³/mol. The Hall–Kier alpha value is -0.840. The van der Waals surface area contributed by atoms with Gasteiger partial charge in [0, 0.05) is 11.6 Å². The number of benzene rings is 1. The van der Waals surface area contributed by atoms with E-state index in [2.05, 4.69) is 0 Å². The summed E-state index contributed by atoms with van der Waals surface area (Å²) in [5.74, 6) is 0.545. The third kappa shape index (κ3) is 3.66. The van der Waals surface area contributed by atoms with Gasteiger partial charge in [0.2, 0.25) is 0 Å². The fraction of sp³-hybridized carbons (Fsp3) is 0.300. The number of hydrogen-bond donors (Lipinski definition) is 1. The maximum Gasteiger partial charge on any atom is 0.189 e. The second-order valence-electron chi connectivity index (χ2n) is 2.76. The molecule has 0 saturated heterocycles. The van der Waals surface area contributed by atoms with Crippen molar-refractivity contribution in [2.24, 2.45) is 5.73 Å². The average molecular weight is 246 g/mol. The first-order valence-electron chi connectivity index (χ1n) is 4.45. The van der Waals surface area contributed by atoms with E-state index in [4.69, 9.17) is 39.0 Å². The van der Waals surface area contributed by atoms with Gasteiger partial charge in [-0.3, -0.25) is 0 Å². The number of hydrogen-bond acceptors (Lipinski definition) is 3. The summed E-state index contributed by atoms with van der Waals surface area (Å²) in [6, 6.07) is 5.10. The average Bonchev–Trinajstić information content (AvgIpc) is 2.18. The molecule has 0 fully saturated rings. The summed E-state index contributed by atoms with van der Waals surface area (Å²) in [6.45, 7) is 2.63. The van der Waals surface area contributed by atoms with Crippen LogP contribution >= 0.6 is 23.8 Å². The lowest BCUT2D eigenvalue weighted by Gasteiger charge is -2.10. The summed E-state index contributed by atoms with van der Waals surface area (Å²) in [6.07, 6.45) is 0. The Morgan fingerprint density at radius 1 is 1.53 bits per heavy atom. The molecule has 2 N–H and O–H groups in total. The molecule has 3 nitrogen and oxygen atoms in total. The molecule has 0 aliphatic rings. The van der Waals surface area contributed by atoms with Crippen LogP contribution in [0.2, 0.25) is 5.02 Å². The molecule has 0 amide bonds. The van der Waals surface area contributed by atoms with Crippen molar-refractivity contribution in [3.8, 4) is 5.75 Å². The van der Waals surface area contributed by atoms with E-state index in [1.807, 2.05) is 6.92 Å². The molecule has 0 aliphatic carbocycles. The standard InChI is InChI=1S/C10H12ClNO2S/c1-2-13-6-14-9-5-7(11)3-4-8(9)10(12)15/h3-5H,2,6H2,1H3,(H2,12,15). The van der Waals surface area contributed by atoms with Crippen LogP contribution in [-0.2, 0) is 4.74 Å². The highest BCUT2D eigenvalue weighted by molar-refractivity contribution is 7.80. The number of rotatable bonds is 5. The molecule has 0 unspecified atom stereocenters. The first kappa shape index (κ1) is 12.2. The number of nitrogens with two attached hydrogens (primary N) is 1. The van der Waals surface area contributed by atoms with Crippen molar-refractivity contribution >= 4 is 28.8 Å². The Bertz CT molecular complexity index is 357. The Morgan fingerprint density at radius 3 is 2.87 bits per heavy atom. The molecule has 15 heavy (non-hydrogen) atoms. The zero-order valence-corrected chi connectivity index (χ0v) is 9.90. The van der Waals surface area contributed by atoms with Gasteiger partial charge in [0.25, 0.3) is 0 Å². The van der Waals surface area contributed by atoms with Crippen LogP contribution in [0.15, 0.2) is 18.2 Å². The lowest BCUT2D eigenvalue weighted by molar-refractivity contribution is 0.0223. The smallest absolute Gasteiger partial charge is 0.189 e. The third-order valence-electron chi connectivity index (χ3n) is 1.71. The van der Waals surface area contributed by atoms with Gasteiger partial charge in [-0.25, -0.2) is 0 Å². The summed E-state index contributed by atoms with van der Waals surface area (Å²) >= 11 is 10.7. The van der Waals surface area contributed by atoms with E-state index < -0.39 is 0 Å². The molecule has 0 aliphatic heterocycles. The Labute approximate surface area is 99.1 Å². The van der Waals surface area contributed by atoms with Crippen LogP contribution in [0.4, 0.5) is 0 Å². The van der Waals surface area contributed by atoms with Crippen LogP contribution in [0.3, 0.4) is 0 Å². The Morgan fingerprint density at radius 2 is 2.27 bits per heavy atom. The van der Waals surface area contributed by atoms with Gasteiger partial charge in [0.15, 0.2) is 6.79 Å². The minimum Gasteiger partial charge on any atom is -0.467 e. The topological polar surface area (TPSA) is 44.5 Å². The molecule has 1 aromatic carbocycles. The summed E-state index contributed by atoms with van der Waals surface area (Å²) in [5, 5.41) is 0.571. The molecule has 1 rings (SSSR count). The minimum absolute atomic E-state index is 0.159. The summed E-state index contributed by atoms with van der Waals surface area (Å²) in [5.41, 5.74) is 6.20. The van der Waals surface area contributed by atoms with Gasteiger partial charge in [-0.2, -0.15) is 0 Å². The van der Waals surface area contributed by atoms with Crippen LogP contribution in [0.5, 0.6) is 5.75 Å². The van der Waals surface area contributed by atoms with Crippen molar-refractivity contribution in [1.29, 1.82) is 0 Å².